The summed E-state index contributed by atoms with van der Waals surface area (Å²) in [5.74, 6) is 0.133. The number of carbonyl (C=O) groups is 1. The largest absolute Gasteiger partial charge is 0.341 e. The molecule has 1 amide bonds. The van der Waals surface area contributed by atoms with Gasteiger partial charge in [0.1, 0.15) is 0 Å². The molecule has 16 heavy (non-hydrogen) atoms. The molecule has 0 spiro atoms. The Morgan fingerprint density at radius 1 is 1.31 bits per heavy atom. The molecule has 2 N–H and O–H groups in total. The van der Waals surface area contributed by atoms with E-state index in [1.807, 2.05) is 11.9 Å². The molecular weight excluding hydrogens is 200 g/mol. The van der Waals surface area contributed by atoms with Crippen LogP contribution in [0.4, 0.5) is 0 Å². The maximum atomic E-state index is 12.0. The Bertz CT molecular complexity index is 210. The molecule has 0 bridgehead atoms. The van der Waals surface area contributed by atoms with Gasteiger partial charge >= 0.3 is 0 Å². The van der Waals surface area contributed by atoms with E-state index in [0.29, 0.717) is 6.04 Å². The summed E-state index contributed by atoms with van der Waals surface area (Å²) in [6, 6.07) is 0.135. The van der Waals surface area contributed by atoms with Crippen molar-refractivity contribution in [2.75, 3.05) is 7.05 Å². The van der Waals surface area contributed by atoms with Gasteiger partial charge in [-0.2, -0.15) is 0 Å². The summed E-state index contributed by atoms with van der Waals surface area (Å²) in [4.78, 5) is 14.0. The number of rotatable bonds is 4. The van der Waals surface area contributed by atoms with E-state index < -0.39 is 0 Å². The fourth-order valence-corrected chi connectivity index (χ4v) is 2.52. The first kappa shape index (κ1) is 13.5. The van der Waals surface area contributed by atoms with Crippen LogP contribution in [0, 0.1) is 0 Å². The average molecular weight is 226 g/mol. The summed E-state index contributed by atoms with van der Waals surface area (Å²) in [7, 11) is 1.92. The van der Waals surface area contributed by atoms with Gasteiger partial charge in [0.05, 0.1) is 6.04 Å². The molecule has 1 aliphatic rings. The van der Waals surface area contributed by atoms with Gasteiger partial charge < -0.3 is 10.6 Å². The third-order valence-electron chi connectivity index (χ3n) is 3.64. The molecule has 1 rings (SSSR count). The quantitative estimate of drug-likeness (QED) is 0.748. The normalized spacial score (nSPS) is 20.2. The van der Waals surface area contributed by atoms with Crippen LogP contribution in [0.1, 0.15) is 58.3 Å². The Morgan fingerprint density at radius 2 is 1.88 bits per heavy atom. The minimum atomic E-state index is -0.293. The Balaban J connectivity index is 2.47. The number of hydrogen-bond acceptors (Lipinski definition) is 2. The summed E-state index contributed by atoms with van der Waals surface area (Å²) < 4.78 is 0. The first-order chi connectivity index (χ1) is 7.66. The second-order valence-corrected chi connectivity index (χ2v) is 4.99. The van der Waals surface area contributed by atoms with Crippen LogP contribution in [-0.2, 0) is 4.79 Å². The molecular formula is C13H26N2O. The van der Waals surface area contributed by atoms with Crippen LogP contribution in [0.5, 0.6) is 0 Å². The molecule has 1 atom stereocenters. The summed E-state index contributed by atoms with van der Waals surface area (Å²) in [6.07, 6.45) is 9.24. The molecule has 0 saturated heterocycles. The predicted molar refractivity (Wildman–Crippen MR) is 67.1 cm³/mol. The Morgan fingerprint density at radius 3 is 2.38 bits per heavy atom. The molecule has 0 aromatic heterocycles. The van der Waals surface area contributed by atoms with Crippen molar-refractivity contribution < 1.29 is 4.79 Å². The van der Waals surface area contributed by atoms with E-state index in [2.05, 4.69) is 6.92 Å². The molecule has 1 saturated carbocycles. The number of nitrogens with two attached hydrogens (primary N) is 1. The zero-order chi connectivity index (χ0) is 12.0. The smallest absolute Gasteiger partial charge is 0.239 e. The summed E-state index contributed by atoms with van der Waals surface area (Å²) >= 11 is 0. The number of nitrogens with zero attached hydrogens (tertiary/aromatic N) is 1. The molecule has 1 fully saturated rings. The van der Waals surface area contributed by atoms with Crippen molar-refractivity contribution in [3.63, 3.8) is 0 Å². The van der Waals surface area contributed by atoms with Crippen LogP contribution in [-0.4, -0.2) is 29.9 Å². The van der Waals surface area contributed by atoms with Crippen LogP contribution in [0.25, 0.3) is 0 Å². The second kappa shape index (κ2) is 6.89. The van der Waals surface area contributed by atoms with Crippen LogP contribution >= 0.6 is 0 Å². The van der Waals surface area contributed by atoms with Crippen molar-refractivity contribution in [1.29, 1.82) is 0 Å². The second-order valence-electron chi connectivity index (χ2n) is 4.99. The number of amides is 1. The molecule has 94 valence electrons. The van der Waals surface area contributed by atoms with Gasteiger partial charge in [-0.3, -0.25) is 4.79 Å². The van der Waals surface area contributed by atoms with Gasteiger partial charge in [-0.25, -0.2) is 0 Å². The van der Waals surface area contributed by atoms with Gasteiger partial charge in [0.2, 0.25) is 5.91 Å². The number of likely N-dealkylation sites (N-methyl/N-ethyl adjacent to an activating group) is 1. The minimum absolute atomic E-state index is 0.133. The van der Waals surface area contributed by atoms with E-state index in [0.717, 1.165) is 25.7 Å². The van der Waals surface area contributed by atoms with Crippen molar-refractivity contribution in [2.45, 2.75) is 70.4 Å². The van der Waals surface area contributed by atoms with E-state index in [-0.39, 0.29) is 11.9 Å². The Labute approximate surface area is 99.4 Å². The van der Waals surface area contributed by atoms with Gasteiger partial charge in [-0.05, 0) is 19.3 Å². The molecule has 1 aliphatic carbocycles. The van der Waals surface area contributed by atoms with E-state index in [1.54, 1.807) is 0 Å². The van der Waals surface area contributed by atoms with Crippen molar-refractivity contribution in [2.24, 2.45) is 5.73 Å². The third kappa shape index (κ3) is 3.78. The molecule has 0 radical (unpaired) electrons. The van der Waals surface area contributed by atoms with Crippen molar-refractivity contribution in [3.05, 3.63) is 0 Å². The standard InChI is InChI=1S/C13H26N2O/c1-3-8-12(14)13(16)15(2)11-9-6-4-5-7-10-11/h11-12H,3-10,14H2,1-2H3/t12-/m0/s1. The average Bonchev–Trinajstić information content (AvgIpc) is 2.56. The molecule has 0 heterocycles. The number of hydrogen-bond donors (Lipinski definition) is 1. The Kier molecular flexibility index (Phi) is 5.81. The highest BCUT2D eigenvalue weighted by Gasteiger charge is 2.24. The lowest BCUT2D eigenvalue weighted by Crippen LogP contribution is -2.46. The highest BCUT2D eigenvalue weighted by Crippen LogP contribution is 2.21. The van der Waals surface area contributed by atoms with Gasteiger partial charge in [-0.15, -0.1) is 0 Å². The van der Waals surface area contributed by atoms with Gasteiger partial charge in [0.25, 0.3) is 0 Å². The molecule has 0 aromatic carbocycles. The predicted octanol–water partition coefficient (Wildman–Crippen LogP) is 2.29. The first-order valence-corrected chi connectivity index (χ1v) is 6.69. The SMILES string of the molecule is CCC[C@H](N)C(=O)N(C)C1CCCCCC1. The molecule has 3 heteroatoms. The van der Waals surface area contributed by atoms with Gasteiger partial charge in [0, 0.05) is 13.1 Å². The lowest BCUT2D eigenvalue weighted by Gasteiger charge is -2.29. The van der Waals surface area contributed by atoms with E-state index >= 15 is 0 Å². The maximum absolute atomic E-state index is 12.0. The topological polar surface area (TPSA) is 46.3 Å². The summed E-state index contributed by atoms with van der Waals surface area (Å²) in [5, 5.41) is 0. The van der Waals surface area contributed by atoms with Gasteiger partial charge in [-0.1, -0.05) is 39.0 Å². The highest BCUT2D eigenvalue weighted by atomic mass is 16.2. The molecule has 0 aromatic rings. The lowest BCUT2D eigenvalue weighted by atomic mass is 10.1. The molecule has 3 nitrogen and oxygen atoms in total. The Hall–Kier alpha value is -0.570. The molecule has 0 unspecified atom stereocenters. The summed E-state index contributed by atoms with van der Waals surface area (Å²) in [5.41, 5.74) is 5.88. The third-order valence-corrected chi connectivity index (χ3v) is 3.64. The van der Waals surface area contributed by atoms with E-state index in [1.165, 1.54) is 25.7 Å². The van der Waals surface area contributed by atoms with Crippen molar-refractivity contribution >= 4 is 5.91 Å². The fourth-order valence-electron chi connectivity index (χ4n) is 2.52. The number of carbonyl (C=O) groups excluding carboxylic acids is 1. The lowest BCUT2D eigenvalue weighted by molar-refractivity contribution is -0.133. The molecule has 0 aliphatic heterocycles. The van der Waals surface area contributed by atoms with Crippen LogP contribution in [0.2, 0.25) is 0 Å². The van der Waals surface area contributed by atoms with E-state index in [9.17, 15) is 4.79 Å². The summed E-state index contributed by atoms with van der Waals surface area (Å²) in [6.45, 7) is 2.07. The maximum Gasteiger partial charge on any atom is 0.239 e. The van der Waals surface area contributed by atoms with E-state index in [4.69, 9.17) is 5.73 Å². The van der Waals surface area contributed by atoms with Crippen molar-refractivity contribution in [3.8, 4) is 0 Å². The monoisotopic (exact) mass is 226 g/mol. The highest BCUT2D eigenvalue weighted by molar-refractivity contribution is 5.81. The van der Waals surface area contributed by atoms with Gasteiger partial charge in [0.15, 0.2) is 0 Å². The van der Waals surface area contributed by atoms with Crippen molar-refractivity contribution in [1.82, 2.24) is 4.90 Å². The van der Waals surface area contributed by atoms with Crippen LogP contribution in [0.15, 0.2) is 0 Å². The van der Waals surface area contributed by atoms with Crippen LogP contribution in [0.3, 0.4) is 0 Å². The fraction of sp³-hybridized carbons (Fsp3) is 0.923. The zero-order valence-electron chi connectivity index (χ0n) is 10.7. The first-order valence-electron chi connectivity index (χ1n) is 6.69. The van der Waals surface area contributed by atoms with Crippen LogP contribution < -0.4 is 5.73 Å². The zero-order valence-corrected chi connectivity index (χ0v) is 10.7. The minimum Gasteiger partial charge on any atom is -0.341 e.